The highest BCUT2D eigenvalue weighted by Crippen LogP contribution is 2.26. The van der Waals surface area contributed by atoms with Crippen molar-refractivity contribution in [1.29, 1.82) is 0 Å². The minimum absolute atomic E-state index is 0.127. The van der Waals surface area contributed by atoms with Gasteiger partial charge in [-0.2, -0.15) is 0 Å². The summed E-state index contributed by atoms with van der Waals surface area (Å²) in [4.78, 5) is 52.4. The largest absolute Gasteiger partial charge is 0.466 e. The Balaban J connectivity index is 4.83. The quantitative estimate of drug-likeness (QED) is 0.0338. The summed E-state index contributed by atoms with van der Waals surface area (Å²) in [7, 11) is 0. The van der Waals surface area contributed by atoms with Gasteiger partial charge in [-0.25, -0.2) is 4.79 Å². The molecular weight excluding hydrogens is 765 g/mol. The molecule has 8 heteroatoms. The smallest absolute Gasteiger partial charge is 0.351 e. The zero-order valence-electron chi connectivity index (χ0n) is 40.9. The van der Waals surface area contributed by atoms with Gasteiger partial charge in [-0.1, -0.05) is 252 Å². The molecule has 0 fully saturated rings. The minimum atomic E-state index is -2.12. The van der Waals surface area contributed by atoms with Crippen molar-refractivity contribution in [2.75, 3.05) is 19.8 Å². The van der Waals surface area contributed by atoms with Crippen LogP contribution in [0.2, 0.25) is 0 Å². The molecule has 0 aliphatic rings. The van der Waals surface area contributed by atoms with Crippen molar-refractivity contribution in [3.05, 3.63) is 0 Å². The molecule has 0 rings (SSSR count). The lowest BCUT2D eigenvalue weighted by Crippen LogP contribution is -2.48. The topological polar surface area (TPSA) is 105 Å². The van der Waals surface area contributed by atoms with Crippen molar-refractivity contribution in [2.45, 2.75) is 297 Å². The molecule has 360 valence electrons. The van der Waals surface area contributed by atoms with Crippen LogP contribution in [0.4, 0.5) is 0 Å². The van der Waals surface area contributed by atoms with Crippen molar-refractivity contribution in [2.24, 2.45) is 0 Å². The van der Waals surface area contributed by atoms with E-state index in [2.05, 4.69) is 20.8 Å². The zero-order chi connectivity index (χ0) is 44.8. The van der Waals surface area contributed by atoms with Crippen LogP contribution in [0.15, 0.2) is 0 Å². The number of carbonyl (C=O) groups is 4. The first-order valence-electron chi connectivity index (χ1n) is 26.5. The van der Waals surface area contributed by atoms with E-state index in [9.17, 15) is 19.2 Å². The van der Waals surface area contributed by atoms with Gasteiger partial charge in [0.05, 0.1) is 32.7 Å². The lowest BCUT2D eigenvalue weighted by Gasteiger charge is -2.29. The first kappa shape index (κ1) is 58.9. The van der Waals surface area contributed by atoms with Crippen LogP contribution in [0, 0.1) is 0 Å². The van der Waals surface area contributed by atoms with E-state index in [0.717, 1.165) is 44.9 Å². The molecule has 0 aromatic rings. The van der Waals surface area contributed by atoms with Crippen LogP contribution in [0.3, 0.4) is 0 Å². The third-order valence-corrected chi connectivity index (χ3v) is 12.1. The summed E-state index contributed by atoms with van der Waals surface area (Å²) in [5, 5.41) is 0. The Bertz CT molecular complexity index is 951. The van der Waals surface area contributed by atoms with E-state index in [-0.39, 0.29) is 19.8 Å². The third-order valence-electron chi connectivity index (χ3n) is 12.1. The first-order chi connectivity index (χ1) is 29.8. The molecule has 0 radical (unpaired) electrons. The zero-order valence-corrected chi connectivity index (χ0v) is 40.9. The molecule has 0 bridgehead atoms. The normalized spacial score (nSPS) is 11.5. The summed E-state index contributed by atoms with van der Waals surface area (Å²) < 4.78 is 22.2. The summed E-state index contributed by atoms with van der Waals surface area (Å²) >= 11 is 0. The molecule has 0 atom stereocenters. The van der Waals surface area contributed by atoms with Crippen LogP contribution < -0.4 is 0 Å². The van der Waals surface area contributed by atoms with Gasteiger partial charge < -0.3 is 18.9 Å². The van der Waals surface area contributed by atoms with Gasteiger partial charge in [-0.05, 0) is 19.3 Å². The number of carbonyl (C=O) groups excluding carboxylic acids is 4. The highest BCUT2D eigenvalue weighted by atomic mass is 16.6. The fraction of sp³-hybridized carbons (Fsp3) is 0.925. The van der Waals surface area contributed by atoms with Crippen LogP contribution in [-0.2, 0) is 38.1 Å². The second-order valence-corrected chi connectivity index (χ2v) is 18.2. The maximum absolute atomic E-state index is 13.7. The van der Waals surface area contributed by atoms with Crippen LogP contribution in [0.25, 0.3) is 0 Å². The van der Waals surface area contributed by atoms with Crippen LogP contribution in [-0.4, -0.2) is 49.3 Å². The second kappa shape index (κ2) is 45.9. The summed E-state index contributed by atoms with van der Waals surface area (Å²) in [5.41, 5.74) is -2.12. The standard InChI is InChI=1S/C53H100O8/c1-5-8-11-14-17-20-23-26-29-32-35-38-41-44-58-50(55)47-53(61-49(4)54,52(57)60-46-43-40-37-34-31-28-25-22-19-16-13-10-7-3)48-51(56)59-45-42-39-36-33-30-27-24-21-18-15-12-9-6-2/h5-48H2,1-4H3. The van der Waals surface area contributed by atoms with Crippen molar-refractivity contribution in [3.8, 4) is 0 Å². The van der Waals surface area contributed by atoms with Gasteiger partial charge in [0.15, 0.2) is 0 Å². The molecule has 0 aromatic carbocycles. The van der Waals surface area contributed by atoms with Crippen molar-refractivity contribution < 1.29 is 38.1 Å². The molecule has 0 aromatic heterocycles. The molecule has 0 aliphatic carbocycles. The lowest BCUT2D eigenvalue weighted by molar-refractivity contribution is -0.190. The lowest BCUT2D eigenvalue weighted by atomic mass is 9.95. The molecule has 0 saturated carbocycles. The fourth-order valence-corrected chi connectivity index (χ4v) is 8.19. The van der Waals surface area contributed by atoms with E-state index in [0.29, 0.717) is 19.3 Å². The maximum atomic E-state index is 13.7. The van der Waals surface area contributed by atoms with E-state index < -0.39 is 42.3 Å². The molecular formula is C53H100O8. The van der Waals surface area contributed by atoms with Crippen LogP contribution >= 0.6 is 0 Å². The van der Waals surface area contributed by atoms with Crippen LogP contribution in [0.5, 0.6) is 0 Å². The number of rotatable bonds is 48. The molecule has 0 N–H and O–H groups in total. The molecule has 0 unspecified atom stereocenters. The molecule has 61 heavy (non-hydrogen) atoms. The Labute approximate surface area is 377 Å². The second-order valence-electron chi connectivity index (χ2n) is 18.2. The molecule has 0 amide bonds. The Morgan fingerprint density at radius 3 is 0.754 bits per heavy atom. The Kier molecular flexibility index (Phi) is 44.3. The van der Waals surface area contributed by atoms with Gasteiger partial charge in [0, 0.05) is 6.92 Å². The molecule has 0 saturated heterocycles. The maximum Gasteiger partial charge on any atom is 0.351 e. The number of esters is 4. The summed E-state index contributed by atoms with van der Waals surface area (Å²) in [6.07, 6.45) is 46.0. The summed E-state index contributed by atoms with van der Waals surface area (Å²) in [5.74, 6) is -3.05. The van der Waals surface area contributed by atoms with Gasteiger partial charge in [0.2, 0.25) is 5.60 Å². The molecule has 0 aliphatic heterocycles. The average molecular weight is 865 g/mol. The highest BCUT2D eigenvalue weighted by Gasteiger charge is 2.48. The molecule has 0 spiro atoms. The first-order valence-corrected chi connectivity index (χ1v) is 26.5. The molecule has 8 nitrogen and oxygen atoms in total. The Morgan fingerprint density at radius 2 is 0.525 bits per heavy atom. The van der Waals surface area contributed by atoms with Crippen LogP contribution in [0.1, 0.15) is 291 Å². The highest BCUT2D eigenvalue weighted by molar-refractivity contribution is 5.92. The van der Waals surface area contributed by atoms with Crippen molar-refractivity contribution in [1.82, 2.24) is 0 Å². The van der Waals surface area contributed by atoms with Crippen molar-refractivity contribution in [3.63, 3.8) is 0 Å². The molecule has 0 heterocycles. The van der Waals surface area contributed by atoms with Gasteiger partial charge in [-0.3, -0.25) is 14.4 Å². The van der Waals surface area contributed by atoms with E-state index in [1.807, 2.05) is 0 Å². The average Bonchev–Trinajstić information content (AvgIpc) is 3.23. The number of unbranched alkanes of at least 4 members (excludes halogenated alkanes) is 36. The summed E-state index contributed by atoms with van der Waals surface area (Å²) in [6.45, 7) is 8.48. The number of ether oxygens (including phenoxy) is 4. The fourth-order valence-electron chi connectivity index (χ4n) is 8.19. The third kappa shape index (κ3) is 40.4. The van der Waals surface area contributed by atoms with E-state index >= 15 is 0 Å². The van der Waals surface area contributed by atoms with E-state index in [4.69, 9.17) is 18.9 Å². The monoisotopic (exact) mass is 865 g/mol. The van der Waals surface area contributed by atoms with Gasteiger partial charge in [0.1, 0.15) is 0 Å². The SMILES string of the molecule is CCCCCCCCCCCCCCCOC(=O)CC(CC(=O)OCCCCCCCCCCCCCCC)(OC(C)=O)C(=O)OCCCCCCCCCCCCCCC. The number of hydrogen-bond acceptors (Lipinski definition) is 8. The van der Waals surface area contributed by atoms with E-state index in [1.54, 1.807) is 0 Å². The van der Waals surface area contributed by atoms with Crippen molar-refractivity contribution >= 4 is 23.9 Å². The Hall–Kier alpha value is -2.12. The predicted octanol–water partition coefficient (Wildman–Crippen LogP) is 16.0. The van der Waals surface area contributed by atoms with Gasteiger partial charge in [-0.15, -0.1) is 0 Å². The van der Waals surface area contributed by atoms with E-state index in [1.165, 1.54) is 193 Å². The number of hydrogen-bond donors (Lipinski definition) is 0. The summed E-state index contributed by atoms with van der Waals surface area (Å²) in [6, 6.07) is 0. The predicted molar refractivity (Wildman–Crippen MR) is 254 cm³/mol. The van der Waals surface area contributed by atoms with Gasteiger partial charge >= 0.3 is 23.9 Å². The van der Waals surface area contributed by atoms with Gasteiger partial charge in [0.25, 0.3) is 0 Å². The minimum Gasteiger partial charge on any atom is -0.466 e. The Morgan fingerprint density at radius 1 is 0.311 bits per heavy atom.